The second-order valence-corrected chi connectivity index (χ2v) is 9.19. The van der Waals surface area contributed by atoms with Gasteiger partial charge in [0.1, 0.15) is 5.60 Å². The zero-order valence-corrected chi connectivity index (χ0v) is 17.4. The van der Waals surface area contributed by atoms with Gasteiger partial charge < -0.3 is 14.5 Å². The summed E-state index contributed by atoms with van der Waals surface area (Å²) >= 11 is 1.62. The maximum atomic E-state index is 13.4. The Bertz CT molecular complexity index is 986. The maximum absolute atomic E-state index is 13.4. The van der Waals surface area contributed by atoms with Gasteiger partial charge in [-0.05, 0) is 34.9 Å². The van der Waals surface area contributed by atoms with E-state index in [1.54, 1.807) is 16.2 Å². The Hall–Kier alpha value is -2.44. The van der Waals surface area contributed by atoms with E-state index in [-0.39, 0.29) is 17.9 Å². The Kier molecular flexibility index (Phi) is 4.37. The standard InChI is InChI=1S/C23H24N2O3S/c1-15-4-3-5-16(10-15)12-25-14-23-8-6-18(28-23)19(20(23)22(25)27)21(26)24(2)11-17-7-9-29-13-17/h3-10,13,18-20H,11-12,14H2,1-2H3/t18-,19+,20-,23-/m0/s1. The SMILES string of the molecule is Cc1cccc(CN2C[C@]34C=C[C@H](O3)[C@@H](C(=O)N(C)Cc3ccsc3)[C@H]4C2=O)c1. The molecule has 4 atom stereocenters. The molecule has 2 saturated heterocycles. The van der Waals surface area contributed by atoms with E-state index in [1.165, 1.54) is 5.56 Å². The lowest BCUT2D eigenvalue weighted by Crippen LogP contribution is -2.44. The van der Waals surface area contributed by atoms with Crippen LogP contribution in [0.4, 0.5) is 0 Å². The molecule has 6 heteroatoms. The molecule has 1 aromatic heterocycles. The number of hydrogen-bond acceptors (Lipinski definition) is 4. The number of benzene rings is 1. The van der Waals surface area contributed by atoms with Gasteiger partial charge in [0.25, 0.3) is 0 Å². The first kappa shape index (κ1) is 18.6. The smallest absolute Gasteiger partial charge is 0.230 e. The quantitative estimate of drug-likeness (QED) is 0.715. The third kappa shape index (κ3) is 3.02. The molecule has 0 saturated carbocycles. The van der Waals surface area contributed by atoms with Crippen molar-refractivity contribution in [1.29, 1.82) is 0 Å². The summed E-state index contributed by atoms with van der Waals surface area (Å²) in [5, 5.41) is 4.06. The first-order valence-electron chi connectivity index (χ1n) is 9.94. The fourth-order valence-electron chi connectivity index (χ4n) is 5.01. The van der Waals surface area contributed by atoms with E-state index in [9.17, 15) is 9.59 Å². The Morgan fingerprint density at radius 2 is 2.21 bits per heavy atom. The maximum Gasteiger partial charge on any atom is 0.230 e. The van der Waals surface area contributed by atoms with Crippen molar-refractivity contribution in [2.75, 3.05) is 13.6 Å². The first-order chi connectivity index (χ1) is 14.0. The monoisotopic (exact) mass is 408 g/mol. The average Bonchev–Trinajstić information content (AvgIpc) is 3.45. The van der Waals surface area contributed by atoms with Gasteiger partial charge in [-0.2, -0.15) is 11.3 Å². The molecule has 0 N–H and O–H groups in total. The van der Waals surface area contributed by atoms with Gasteiger partial charge in [-0.25, -0.2) is 0 Å². The Labute approximate surface area is 174 Å². The van der Waals surface area contributed by atoms with Crippen LogP contribution in [-0.4, -0.2) is 46.9 Å². The number of hydrogen-bond donors (Lipinski definition) is 0. The van der Waals surface area contributed by atoms with Crippen molar-refractivity contribution < 1.29 is 14.3 Å². The number of aryl methyl sites for hydroxylation is 1. The minimum Gasteiger partial charge on any atom is -0.360 e. The van der Waals surface area contributed by atoms with E-state index in [0.29, 0.717) is 19.6 Å². The van der Waals surface area contributed by atoms with Gasteiger partial charge in [-0.1, -0.05) is 42.0 Å². The summed E-state index contributed by atoms with van der Waals surface area (Å²) in [5.74, 6) is -0.859. The highest BCUT2D eigenvalue weighted by atomic mass is 32.1. The molecule has 0 aliphatic carbocycles. The molecule has 4 heterocycles. The number of carbonyl (C=O) groups excluding carboxylic acids is 2. The van der Waals surface area contributed by atoms with E-state index in [0.717, 1.165) is 11.1 Å². The third-order valence-electron chi connectivity index (χ3n) is 6.30. The average molecular weight is 409 g/mol. The molecule has 150 valence electrons. The van der Waals surface area contributed by atoms with Crippen molar-refractivity contribution in [2.24, 2.45) is 11.8 Å². The zero-order valence-electron chi connectivity index (χ0n) is 16.6. The number of amides is 2. The van der Waals surface area contributed by atoms with Gasteiger partial charge >= 0.3 is 0 Å². The van der Waals surface area contributed by atoms with Crippen LogP contribution in [0.3, 0.4) is 0 Å². The van der Waals surface area contributed by atoms with Crippen LogP contribution in [0, 0.1) is 18.8 Å². The lowest BCUT2D eigenvalue weighted by molar-refractivity contribution is -0.142. The minimum atomic E-state index is -0.658. The van der Waals surface area contributed by atoms with E-state index >= 15 is 0 Å². The number of carbonyl (C=O) groups is 2. The van der Waals surface area contributed by atoms with Crippen molar-refractivity contribution >= 4 is 23.2 Å². The number of thiophene rings is 1. The van der Waals surface area contributed by atoms with Gasteiger partial charge in [0, 0.05) is 20.1 Å². The van der Waals surface area contributed by atoms with Crippen LogP contribution in [0.1, 0.15) is 16.7 Å². The lowest BCUT2D eigenvalue weighted by Gasteiger charge is -2.27. The van der Waals surface area contributed by atoms with Gasteiger partial charge in [0.2, 0.25) is 11.8 Å². The van der Waals surface area contributed by atoms with Crippen molar-refractivity contribution in [2.45, 2.75) is 31.7 Å². The number of likely N-dealkylation sites (tertiary alicyclic amines) is 1. The summed E-state index contributed by atoms with van der Waals surface area (Å²) in [7, 11) is 1.81. The molecule has 1 spiro atoms. The molecular formula is C23H24N2O3S. The normalized spacial score (nSPS) is 29.5. The summed E-state index contributed by atoms with van der Waals surface area (Å²) in [6, 6.07) is 10.2. The summed E-state index contributed by atoms with van der Waals surface area (Å²) in [4.78, 5) is 30.2. The number of nitrogens with zero attached hydrogens (tertiary/aromatic N) is 2. The third-order valence-corrected chi connectivity index (χ3v) is 7.03. The fourth-order valence-corrected chi connectivity index (χ4v) is 5.67. The van der Waals surface area contributed by atoms with Gasteiger partial charge in [-0.3, -0.25) is 9.59 Å². The molecule has 3 aliphatic heterocycles. The van der Waals surface area contributed by atoms with Crippen LogP contribution in [-0.2, 0) is 27.4 Å². The van der Waals surface area contributed by atoms with Crippen molar-refractivity contribution in [1.82, 2.24) is 9.80 Å². The predicted molar refractivity (Wildman–Crippen MR) is 111 cm³/mol. The number of rotatable bonds is 5. The van der Waals surface area contributed by atoms with E-state index < -0.39 is 17.4 Å². The highest BCUT2D eigenvalue weighted by Crippen LogP contribution is 2.52. The number of fused-ring (bicyclic) bond motifs is 1. The van der Waals surface area contributed by atoms with Gasteiger partial charge in [0.05, 0.1) is 24.5 Å². The molecule has 1 aromatic carbocycles. The second-order valence-electron chi connectivity index (χ2n) is 8.41. The highest BCUT2D eigenvalue weighted by Gasteiger charge is 2.67. The molecular weight excluding hydrogens is 384 g/mol. The summed E-state index contributed by atoms with van der Waals surface area (Å²) in [5.41, 5.74) is 2.73. The Morgan fingerprint density at radius 1 is 1.34 bits per heavy atom. The fraction of sp³-hybridized carbons (Fsp3) is 0.391. The van der Waals surface area contributed by atoms with Crippen molar-refractivity contribution in [3.05, 3.63) is 69.9 Å². The summed E-state index contributed by atoms with van der Waals surface area (Å²) in [6.07, 6.45) is 3.68. The zero-order chi connectivity index (χ0) is 20.2. The summed E-state index contributed by atoms with van der Waals surface area (Å²) < 4.78 is 6.25. The van der Waals surface area contributed by atoms with Gasteiger partial charge in [0.15, 0.2) is 0 Å². The highest BCUT2D eigenvalue weighted by molar-refractivity contribution is 7.07. The minimum absolute atomic E-state index is 0.0109. The Balaban J connectivity index is 1.37. The molecule has 2 fully saturated rings. The van der Waals surface area contributed by atoms with Crippen LogP contribution in [0.5, 0.6) is 0 Å². The summed E-state index contributed by atoms with van der Waals surface area (Å²) in [6.45, 7) is 3.66. The molecule has 2 bridgehead atoms. The van der Waals surface area contributed by atoms with E-state index in [4.69, 9.17) is 4.74 Å². The topological polar surface area (TPSA) is 49.9 Å². The lowest BCUT2D eigenvalue weighted by atomic mass is 9.76. The largest absolute Gasteiger partial charge is 0.360 e. The first-order valence-corrected chi connectivity index (χ1v) is 10.9. The predicted octanol–water partition coefficient (Wildman–Crippen LogP) is 3.00. The second kappa shape index (κ2) is 6.82. The van der Waals surface area contributed by atoms with Crippen LogP contribution in [0.2, 0.25) is 0 Å². The molecule has 5 rings (SSSR count). The van der Waals surface area contributed by atoms with E-state index in [1.807, 2.05) is 66.0 Å². The van der Waals surface area contributed by atoms with Crippen molar-refractivity contribution in [3.8, 4) is 0 Å². The molecule has 3 aliphatic rings. The molecule has 0 unspecified atom stereocenters. The van der Waals surface area contributed by atoms with E-state index in [2.05, 4.69) is 6.07 Å². The molecule has 5 nitrogen and oxygen atoms in total. The molecule has 0 radical (unpaired) electrons. The van der Waals surface area contributed by atoms with Crippen LogP contribution < -0.4 is 0 Å². The van der Waals surface area contributed by atoms with Crippen LogP contribution >= 0.6 is 11.3 Å². The molecule has 29 heavy (non-hydrogen) atoms. The van der Waals surface area contributed by atoms with Crippen molar-refractivity contribution in [3.63, 3.8) is 0 Å². The van der Waals surface area contributed by atoms with Gasteiger partial charge in [-0.15, -0.1) is 0 Å². The number of ether oxygens (including phenoxy) is 1. The molecule has 2 amide bonds. The van der Waals surface area contributed by atoms with Crippen LogP contribution in [0.25, 0.3) is 0 Å². The Morgan fingerprint density at radius 3 is 2.97 bits per heavy atom. The van der Waals surface area contributed by atoms with Crippen LogP contribution in [0.15, 0.2) is 53.2 Å². The molecule has 2 aromatic rings.